The maximum Gasteiger partial charge on any atom is 0.197 e. The Balaban J connectivity index is 1.50. The van der Waals surface area contributed by atoms with E-state index < -0.39 is 0 Å². The molecule has 3 aromatic rings. The molecule has 0 radical (unpaired) electrons. The van der Waals surface area contributed by atoms with Gasteiger partial charge in [-0.05, 0) is 76.2 Å². The Morgan fingerprint density at radius 2 is 1.82 bits per heavy atom. The molecule has 0 amide bonds. The largest absolute Gasteiger partial charge is 0.491 e. The van der Waals surface area contributed by atoms with Gasteiger partial charge in [-0.25, -0.2) is 0 Å². The second kappa shape index (κ2) is 12.0. The number of rotatable bonds is 10. The first-order chi connectivity index (χ1) is 16.1. The average molecular weight is 673 g/mol. The number of hydrogen-bond acceptors (Lipinski definition) is 5. The van der Waals surface area contributed by atoms with E-state index in [0.717, 1.165) is 88.2 Å². The van der Waals surface area contributed by atoms with E-state index in [4.69, 9.17) is 13.9 Å². The monoisotopic (exact) mass is 673 g/mol. The van der Waals surface area contributed by atoms with E-state index in [1.807, 2.05) is 36.4 Å². The maximum absolute atomic E-state index is 13.6. The number of ketones is 1. The third-order valence-corrected chi connectivity index (χ3v) is 7.48. The quantitative estimate of drug-likeness (QED) is 0.144. The van der Waals surface area contributed by atoms with Gasteiger partial charge >= 0.3 is 0 Å². The molecule has 0 unspecified atom stereocenters. The molecule has 1 aliphatic heterocycles. The molecular formula is C26H29I2NO4. The molecule has 0 aliphatic carbocycles. The number of para-hydroxylation sites is 1. The fourth-order valence-electron chi connectivity index (χ4n) is 4.12. The molecular weight excluding hydrogens is 644 g/mol. The lowest BCUT2D eigenvalue weighted by molar-refractivity contribution is 0.0357. The van der Waals surface area contributed by atoms with Gasteiger partial charge < -0.3 is 13.9 Å². The summed E-state index contributed by atoms with van der Waals surface area (Å²) in [5.41, 5.74) is 2.15. The van der Waals surface area contributed by atoms with Crippen LogP contribution in [0, 0.1) is 7.14 Å². The summed E-state index contributed by atoms with van der Waals surface area (Å²) in [7, 11) is 0. The lowest BCUT2D eigenvalue weighted by Gasteiger charge is -2.26. The molecule has 5 nitrogen and oxygen atoms in total. The number of carbonyl (C=O) groups excluding carboxylic acids is 1. The summed E-state index contributed by atoms with van der Waals surface area (Å²) in [5, 5.41) is 0.891. The number of carbonyl (C=O) groups is 1. The van der Waals surface area contributed by atoms with Gasteiger partial charge in [0.05, 0.1) is 32.5 Å². The first kappa shape index (κ1) is 24.9. The van der Waals surface area contributed by atoms with Crippen LogP contribution in [0.15, 0.2) is 40.8 Å². The molecule has 1 fully saturated rings. The summed E-state index contributed by atoms with van der Waals surface area (Å²) in [4.78, 5) is 16.0. The molecule has 0 spiro atoms. The summed E-state index contributed by atoms with van der Waals surface area (Å²) >= 11 is 4.55. The summed E-state index contributed by atoms with van der Waals surface area (Å²) in [5.74, 6) is 1.66. The second-order valence-electron chi connectivity index (χ2n) is 8.25. The fraction of sp³-hybridized carbons (Fsp3) is 0.423. The third kappa shape index (κ3) is 6.10. The highest BCUT2D eigenvalue weighted by Crippen LogP contribution is 2.33. The van der Waals surface area contributed by atoms with Crippen molar-refractivity contribution >= 4 is 61.9 Å². The Morgan fingerprint density at radius 1 is 1.09 bits per heavy atom. The Hall–Kier alpha value is -1.17. The van der Waals surface area contributed by atoms with Crippen molar-refractivity contribution in [2.45, 2.75) is 32.6 Å². The average Bonchev–Trinajstić information content (AvgIpc) is 3.20. The second-order valence-corrected chi connectivity index (χ2v) is 10.6. The highest BCUT2D eigenvalue weighted by atomic mass is 127. The molecule has 176 valence electrons. The molecule has 7 heteroatoms. The van der Waals surface area contributed by atoms with E-state index in [0.29, 0.717) is 17.7 Å². The lowest BCUT2D eigenvalue weighted by Crippen LogP contribution is -2.37. The van der Waals surface area contributed by atoms with Crippen LogP contribution in [0.5, 0.6) is 5.75 Å². The number of unbranched alkanes of at least 4 members (excludes halogenated alkanes) is 1. The Bertz CT molecular complexity index is 1080. The van der Waals surface area contributed by atoms with Crippen molar-refractivity contribution in [3.8, 4) is 5.75 Å². The van der Waals surface area contributed by atoms with Crippen molar-refractivity contribution in [3.05, 3.63) is 60.4 Å². The van der Waals surface area contributed by atoms with Crippen molar-refractivity contribution in [1.82, 2.24) is 4.90 Å². The zero-order valence-corrected chi connectivity index (χ0v) is 23.2. The molecule has 0 saturated carbocycles. The van der Waals surface area contributed by atoms with Crippen LogP contribution in [0.25, 0.3) is 11.0 Å². The van der Waals surface area contributed by atoms with Gasteiger partial charge in [0.1, 0.15) is 17.1 Å². The minimum atomic E-state index is 0.0146. The van der Waals surface area contributed by atoms with Crippen LogP contribution in [0.3, 0.4) is 0 Å². The highest BCUT2D eigenvalue weighted by molar-refractivity contribution is 14.1. The predicted octanol–water partition coefficient (Wildman–Crippen LogP) is 6.32. The highest BCUT2D eigenvalue weighted by Gasteiger charge is 2.23. The van der Waals surface area contributed by atoms with Crippen molar-refractivity contribution in [3.63, 3.8) is 0 Å². The van der Waals surface area contributed by atoms with E-state index in [9.17, 15) is 4.79 Å². The summed E-state index contributed by atoms with van der Waals surface area (Å²) in [6.07, 6.45) is 3.78. The van der Waals surface area contributed by atoms with Gasteiger partial charge in [-0.15, -0.1) is 0 Å². The first-order valence-electron chi connectivity index (χ1n) is 11.6. The first-order valence-corrected chi connectivity index (χ1v) is 13.7. The van der Waals surface area contributed by atoms with Gasteiger partial charge in [0.2, 0.25) is 0 Å². The van der Waals surface area contributed by atoms with Crippen molar-refractivity contribution in [2.24, 2.45) is 0 Å². The van der Waals surface area contributed by atoms with Gasteiger partial charge in [0.15, 0.2) is 5.78 Å². The van der Waals surface area contributed by atoms with Crippen molar-refractivity contribution in [2.75, 3.05) is 39.5 Å². The van der Waals surface area contributed by atoms with Gasteiger partial charge in [0.25, 0.3) is 0 Å². The van der Waals surface area contributed by atoms with Gasteiger partial charge in [0, 0.05) is 37.0 Å². The van der Waals surface area contributed by atoms with Crippen LogP contribution in [0.2, 0.25) is 0 Å². The van der Waals surface area contributed by atoms with Crippen LogP contribution in [0.1, 0.15) is 47.9 Å². The SMILES string of the molecule is CCCCc1oc2ccccc2c1C(=O)c1cc(I)c(OCCCN2CCOCC2)c(I)c1. The molecule has 1 saturated heterocycles. The van der Waals surface area contributed by atoms with Crippen LogP contribution >= 0.6 is 45.2 Å². The van der Waals surface area contributed by atoms with Crippen LogP contribution in [-0.4, -0.2) is 50.1 Å². The van der Waals surface area contributed by atoms with E-state index in [1.165, 1.54) is 0 Å². The summed E-state index contributed by atoms with van der Waals surface area (Å²) in [6.45, 7) is 7.44. The zero-order valence-electron chi connectivity index (χ0n) is 18.9. The number of ether oxygens (including phenoxy) is 2. The van der Waals surface area contributed by atoms with E-state index in [-0.39, 0.29) is 5.78 Å². The number of nitrogens with zero attached hydrogens (tertiary/aromatic N) is 1. The van der Waals surface area contributed by atoms with E-state index >= 15 is 0 Å². The smallest absolute Gasteiger partial charge is 0.197 e. The van der Waals surface area contributed by atoms with Crippen LogP contribution < -0.4 is 4.74 Å². The molecule has 1 aliphatic rings. The molecule has 0 N–H and O–H groups in total. The number of halogens is 2. The number of morpholine rings is 1. The van der Waals surface area contributed by atoms with E-state index in [1.54, 1.807) is 0 Å². The van der Waals surface area contributed by atoms with Gasteiger partial charge in [-0.1, -0.05) is 31.5 Å². The van der Waals surface area contributed by atoms with Gasteiger partial charge in [-0.2, -0.15) is 0 Å². The number of aryl methyl sites for hydroxylation is 1. The summed E-state index contributed by atoms with van der Waals surface area (Å²) < 4.78 is 19.5. The predicted molar refractivity (Wildman–Crippen MR) is 148 cm³/mol. The molecule has 0 bridgehead atoms. The Kier molecular flexibility index (Phi) is 9.06. The fourth-order valence-corrected chi connectivity index (χ4v) is 6.20. The van der Waals surface area contributed by atoms with Crippen LogP contribution in [0.4, 0.5) is 0 Å². The molecule has 4 rings (SSSR count). The minimum absolute atomic E-state index is 0.0146. The normalized spacial score (nSPS) is 14.6. The number of furan rings is 1. The van der Waals surface area contributed by atoms with Crippen molar-refractivity contribution in [1.29, 1.82) is 0 Å². The van der Waals surface area contributed by atoms with Gasteiger partial charge in [-0.3, -0.25) is 9.69 Å². The zero-order chi connectivity index (χ0) is 23.2. The number of benzene rings is 2. The number of fused-ring (bicyclic) bond motifs is 1. The number of hydrogen-bond donors (Lipinski definition) is 0. The summed E-state index contributed by atoms with van der Waals surface area (Å²) in [6, 6.07) is 11.7. The minimum Gasteiger partial charge on any atom is -0.491 e. The third-order valence-electron chi connectivity index (χ3n) is 5.88. The standard InChI is InChI=1S/C26H29I2NO4/c1-2-3-8-23-24(19-7-4-5-9-22(19)33-23)25(30)18-16-20(27)26(21(28)17-18)32-13-6-10-29-11-14-31-15-12-29/h4-5,7,9,16-17H,2-3,6,8,10-15H2,1H3. The Morgan fingerprint density at radius 3 is 2.55 bits per heavy atom. The molecule has 1 aromatic heterocycles. The topological polar surface area (TPSA) is 51.9 Å². The Labute approximate surface area is 222 Å². The van der Waals surface area contributed by atoms with Crippen molar-refractivity contribution < 1.29 is 18.7 Å². The van der Waals surface area contributed by atoms with Crippen LogP contribution in [-0.2, 0) is 11.2 Å². The lowest BCUT2D eigenvalue weighted by atomic mass is 9.98. The maximum atomic E-state index is 13.6. The van der Waals surface area contributed by atoms with E-state index in [2.05, 4.69) is 57.0 Å². The molecule has 2 aromatic carbocycles. The molecule has 0 atom stereocenters. The molecule has 33 heavy (non-hydrogen) atoms. The molecule has 2 heterocycles.